The molecule has 1 aromatic heterocycles. The quantitative estimate of drug-likeness (QED) is 0.816. The van der Waals surface area contributed by atoms with E-state index >= 15 is 0 Å². The van der Waals surface area contributed by atoms with Gasteiger partial charge in [0.15, 0.2) is 16.8 Å². The maximum absolute atomic E-state index is 12.3. The molecule has 0 radical (unpaired) electrons. The molecule has 0 aliphatic rings. The molecule has 2 rings (SSSR count). The average molecular weight is 275 g/mol. The van der Waals surface area contributed by atoms with Gasteiger partial charge in [-0.15, -0.1) is 0 Å². The first-order valence-electron chi connectivity index (χ1n) is 7.10. The summed E-state index contributed by atoms with van der Waals surface area (Å²) in [6.07, 6.45) is 2.67. The summed E-state index contributed by atoms with van der Waals surface area (Å²) in [4.78, 5) is 12.3. The minimum Gasteiger partial charge on any atom is -0.396 e. The molecule has 0 amide bonds. The number of Topliss-reactive ketones (excluding diaryl/α,β-unsaturated/α-hetero) is 1. The summed E-state index contributed by atoms with van der Waals surface area (Å²) in [7, 11) is 1.97. The van der Waals surface area contributed by atoms with Crippen molar-refractivity contribution in [2.45, 2.75) is 26.8 Å². The standard InChI is InChI=1S/C16H23N2O2/c1-12(2)8-13(10-19)16(20)9-18-11-17(3)14-6-4-5-7-15(14)18/h4-7,11-13,19H,8-10H2,1-3H3/q+1/t13-/m0/s1. The highest BCUT2D eigenvalue weighted by molar-refractivity contribution is 5.83. The molecular weight excluding hydrogens is 252 g/mol. The summed E-state index contributed by atoms with van der Waals surface area (Å²) < 4.78 is 3.97. The number of benzene rings is 1. The van der Waals surface area contributed by atoms with Gasteiger partial charge in [-0.05, 0) is 24.5 Å². The summed E-state index contributed by atoms with van der Waals surface area (Å²) in [5.41, 5.74) is 2.15. The lowest BCUT2D eigenvalue weighted by Crippen LogP contribution is -2.27. The van der Waals surface area contributed by atoms with E-state index < -0.39 is 0 Å². The monoisotopic (exact) mass is 275 g/mol. The van der Waals surface area contributed by atoms with Gasteiger partial charge in [0.05, 0.1) is 13.7 Å². The predicted molar refractivity (Wildman–Crippen MR) is 78.2 cm³/mol. The van der Waals surface area contributed by atoms with Crippen LogP contribution in [0.15, 0.2) is 30.6 Å². The van der Waals surface area contributed by atoms with Crippen molar-refractivity contribution in [2.75, 3.05) is 6.61 Å². The average Bonchev–Trinajstić information content (AvgIpc) is 2.73. The summed E-state index contributed by atoms with van der Waals surface area (Å²) in [5, 5.41) is 9.41. The Hall–Kier alpha value is -1.68. The van der Waals surface area contributed by atoms with Gasteiger partial charge in [-0.2, -0.15) is 0 Å². The van der Waals surface area contributed by atoms with Crippen LogP contribution in [0.2, 0.25) is 0 Å². The first kappa shape index (κ1) is 14.7. The third-order valence-electron chi connectivity index (χ3n) is 3.64. The molecular formula is C16H23N2O2+. The summed E-state index contributed by atoms with van der Waals surface area (Å²) in [5.74, 6) is 0.248. The molecule has 0 aliphatic carbocycles. The second-order valence-electron chi connectivity index (χ2n) is 5.82. The van der Waals surface area contributed by atoms with Crippen LogP contribution in [0.25, 0.3) is 11.0 Å². The lowest BCUT2D eigenvalue weighted by atomic mass is 9.94. The number of hydrogen-bond donors (Lipinski definition) is 1. The van der Waals surface area contributed by atoms with Gasteiger partial charge in [-0.1, -0.05) is 26.0 Å². The molecule has 1 aromatic carbocycles. The molecule has 108 valence electrons. The van der Waals surface area contributed by atoms with Crippen LogP contribution in [0.5, 0.6) is 0 Å². The first-order valence-corrected chi connectivity index (χ1v) is 7.10. The number of nitrogens with zero attached hydrogens (tertiary/aromatic N) is 2. The number of imidazole rings is 1. The molecule has 0 bridgehead atoms. The highest BCUT2D eigenvalue weighted by Crippen LogP contribution is 2.15. The topological polar surface area (TPSA) is 46.1 Å². The molecule has 20 heavy (non-hydrogen) atoms. The van der Waals surface area contributed by atoms with Crippen molar-refractivity contribution in [3.8, 4) is 0 Å². The van der Waals surface area contributed by atoms with Crippen molar-refractivity contribution in [3.05, 3.63) is 30.6 Å². The fraction of sp³-hybridized carbons (Fsp3) is 0.500. The maximum atomic E-state index is 12.3. The first-order chi connectivity index (χ1) is 9.52. The summed E-state index contributed by atoms with van der Waals surface area (Å²) in [6.45, 7) is 4.39. The number of hydrogen-bond acceptors (Lipinski definition) is 2. The van der Waals surface area contributed by atoms with Crippen molar-refractivity contribution in [1.29, 1.82) is 0 Å². The van der Waals surface area contributed by atoms with Crippen molar-refractivity contribution in [2.24, 2.45) is 18.9 Å². The summed E-state index contributed by atoms with van der Waals surface area (Å²) >= 11 is 0. The molecule has 0 saturated heterocycles. The van der Waals surface area contributed by atoms with Gasteiger partial charge in [0, 0.05) is 5.92 Å². The predicted octanol–water partition coefficient (Wildman–Crippen LogP) is 1.69. The van der Waals surface area contributed by atoms with E-state index in [9.17, 15) is 9.90 Å². The van der Waals surface area contributed by atoms with Crippen molar-refractivity contribution in [1.82, 2.24) is 4.57 Å². The minimum absolute atomic E-state index is 0.0671. The lowest BCUT2D eigenvalue weighted by Gasteiger charge is -2.14. The van der Waals surface area contributed by atoms with E-state index in [0.717, 1.165) is 17.5 Å². The Morgan fingerprint density at radius 1 is 1.35 bits per heavy atom. The fourth-order valence-electron chi connectivity index (χ4n) is 2.64. The smallest absolute Gasteiger partial charge is 0.244 e. The molecule has 1 heterocycles. The van der Waals surface area contributed by atoms with Crippen molar-refractivity contribution >= 4 is 16.8 Å². The number of ketones is 1. The number of fused-ring (bicyclic) bond motifs is 1. The van der Waals surface area contributed by atoms with Gasteiger partial charge in [-0.25, -0.2) is 9.13 Å². The molecule has 2 aromatic rings. The molecule has 0 aliphatic heterocycles. The Kier molecular flexibility index (Phi) is 4.55. The number of aryl methyl sites for hydroxylation is 1. The molecule has 4 heteroatoms. The second kappa shape index (κ2) is 6.18. The van der Waals surface area contributed by atoms with Crippen LogP contribution in [0.1, 0.15) is 20.3 Å². The van der Waals surface area contributed by atoms with Gasteiger partial charge in [0.1, 0.15) is 6.54 Å². The zero-order valence-corrected chi connectivity index (χ0v) is 12.4. The number of aromatic nitrogens is 2. The third-order valence-corrected chi connectivity index (χ3v) is 3.64. The normalized spacial score (nSPS) is 13.1. The van der Waals surface area contributed by atoms with E-state index in [-0.39, 0.29) is 18.3 Å². The van der Waals surface area contributed by atoms with Crippen LogP contribution in [-0.4, -0.2) is 22.1 Å². The number of carbonyl (C=O) groups is 1. The van der Waals surface area contributed by atoms with Crippen LogP contribution in [0.3, 0.4) is 0 Å². The van der Waals surface area contributed by atoms with E-state index in [4.69, 9.17) is 0 Å². The van der Waals surface area contributed by atoms with Crippen LogP contribution in [0.4, 0.5) is 0 Å². The van der Waals surface area contributed by atoms with E-state index in [1.165, 1.54) is 0 Å². The molecule has 0 fully saturated rings. The van der Waals surface area contributed by atoms with Crippen molar-refractivity contribution in [3.63, 3.8) is 0 Å². The summed E-state index contributed by atoms with van der Waals surface area (Å²) in [6, 6.07) is 8.01. The highest BCUT2D eigenvalue weighted by Gasteiger charge is 2.23. The van der Waals surface area contributed by atoms with E-state index in [1.54, 1.807) is 0 Å². The van der Waals surface area contributed by atoms with Gasteiger partial charge >= 0.3 is 0 Å². The number of rotatable bonds is 6. The van der Waals surface area contributed by atoms with Crippen LogP contribution in [-0.2, 0) is 18.4 Å². The zero-order chi connectivity index (χ0) is 14.7. The van der Waals surface area contributed by atoms with Gasteiger partial charge in [0.2, 0.25) is 6.33 Å². The molecule has 0 saturated carbocycles. The third kappa shape index (κ3) is 3.07. The van der Waals surface area contributed by atoms with Crippen molar-refractivity contribution < 1.29 is 14.5 Å². The Morgan fingerprint density at radius 3 is 2.70 bits per heavy atom. The van der Waals surface area contributed by atoms with Crippen LogP contribution < -0.4 is 4.57 Å². The lowest BCUT2D eigenvalue weighted by molar-refractivity contribution is -0.645. The molecule has 0 spiro atoms. The van der Waals surface area contributed by atoms with E-state index in [0.29, 0.717) is 12.5 Å². The van der Waals surface area contributed by atoms with Gasteiger partial charge in [0.25, 0.3) is 0 Å². The largest absolute Gasteiger partial charge is 0.396 e. The highest BCUT2D eigenvalue weighted by atomic mass is 16.3. The Labute approximate surface area is 119 Å². The Balaban J connectivity index is 2.21. The molecule has 1 atom stereocenters. The SMILES string of the molecule is CC(C)C[C@@H](CO)C(=O)Cn1c[n+](C)c2ccccc21. The number of carbonyl (C=O) groups excluding carboxylic acids is 1. The van der Waals surface area contributed by atoms with E-state index in [1.807, 2.05) is 46.8 Å². The zero-order valence-electron chi connectivity index (χ0n) is 12.4. The number of para-hydroxylation sites is 2. The second-order valence-corrected chi connectivity index (χ2v) is 5.82. The molecule has 1 N–H and O–H groups in total. The molecule has 0 unspecified atom stereocenters. The van der Waals surface area contributed by atoms with Gasteiger partial charge < -0.3 is 5.11 Å². The molecule has 4 nitrogen and oxygen atoms in total. The van der Waals surface area contributed by atoms with E-state index in [2.05, 4.69) is 13.8 Å². The number of aliphatic hydroxyl groups is 1. The van der Waals surface area contributed by atoms with Crippen LogP contribution in [0, 0.1) is 11.8 Å². The fourth-order valence-corrected chi connectivity index (χ4v) is 2.64. The Bertz CT molecular complexity index is 602. The van der Waals surface area contributed by atoms with Crippen LogP contribution >= 0.6 is 0 Å². The maximum Gasteiger partial charge on any atom is 0.244 e. The van der Waals surface area contributed by atoms with Gasteiger partial charge in [-0.3, -0.25) is 4.79 Å². The minimum atomic E-state index is -0.263. The number of aliphatic hydroxyl groups excluding tert-OH is 1. The Morgan fingerprint density at radius 2 is 2.05 bits per heavy atom.